The number of carbonyl (C=O) groups excluding carboxylic acids is 1. The van der Waals surface area contributed by atoms with Gasteiger partial charge >= 0.3 is 5.97 Å². The second-order valence-corrected chi connectivity index (χ2v) is 3.73. The average molecular weight is 255 g/mol. The summed E-state index contributed by atoms with van der Waals surface area (Å²) in [5.41, 5.74) is 0.605. The molecule has 17 heavy (non-hydrogen) atoms. The van der Waals surface area contributed by atoms with Crippen molar-refractivity contribution in [2.45, 2.75) is 19.8 Å². The van der Waals surface area contributed by atoms with Gasteiger partial charge in [-0.1, -0.05) is 11.6 Å². The Balaban J connectivity index is 2.13. The quantitative estimate of drug-likeness (QED) is 0.769. The third-order valence-electron chi connectivity index (χ3n) is 2.15. The first-order chi connectivity index (χ1) is 8.20. The number of fused-ring (bicyclic) bond motifs is 1. The van der Waals surface area contributed by atoms with Gasteiger partial charge in [0.1, 0.15) is 5.15 Å². The van der Waals surface area contributed by atoms with Crippen molar-refractivity contribution in [3.63, 3.8) is 0 Å². The predicted octanol–water partition coefficient (Wildman–Crippen LogP) is 1.27. The zero-order chi connectivity index (χ0) is 12.3. The van der Waals surface area contributed by atoms with Crippen molar-refractivity contribution in [1.29, 1.82) is 0 Å². The molecule has 0 bridgehead atoms. The molecule has 0 aliphatic carbocycles. The highest BCUT2D eigenvalue weighted by Crippen LogP contribution is 2.08. The van der Waals surface area contributed by atoms with E-state index in [0.29, 0.717) is 29.7 Å². The standard InChI is InChI=1S/C10H11ClN4O2/c1-2-17-10(16)6-5-9-13-12-8-4-3-7(11)14-15(8)9/h3-4H,2,5-6H2,1H3. The van der Waals surface area contributed by atoms with Gasteiger partial charge in [-0.25, -0.2) is 0 Å². The van der Waals surface area contributed by atoms with E-state index in [2.05, 4.69) is 15.3 Å². The monoisotopic (exact) mass is 254 g/mol. The van der Waals surface area contributed by atoms with Gasteiger partial charge in [0.25, 0.3) is 0 Å². The topological polar surface area (TPSA) is 69.4 Å². The SMILES string of the molecule is CCOC(=O)CCc1nnc2ccc(Cl)nn12. The Morgan fingerprint density at radius 1 is 1.47 bits per heavy atom. The Bertz CT molecular complexity index is 540. The van der Waals surface area contributed by atoms with E-state index in [1.54, 1.807) is 19.1 Å². The van der Waals surface area contributed by atoms with Crippen molar-refractivity contribution in [2.24, 2.45) is 0 Å². The Morgan fingerprint density at radius 2 is 2.29 bits per heavy atom. The number of halogens is 1. The number of rotatable bonds is 4. The number of hydrogen-bond acceptors (Lipinski definition) is 5. The minimum Gasteiger partial charge on any atom is -0.466 e. The van der Waals surface area contributed by atoms with Crippen LogP contribution in [0.2, 0.25) is 5.15 Å². The number of ether oxygens (including phenoxy) is 1. The number of nitrogens with zero attached hydrogens (tertiary/aromatic N) is 4. The van der Waals surface area contributed by atoms with Gasteiger partial charge in [-0.3, -0.25) is 4.79 Å². The van der Waals surface area contributed by atoms with E-state index in [9.17, 15) is 4.79 Å². The summed E-state index contributed by atoms with van der Waals surface area (Å²) in [5, 5.41) is 12.3. The molecule has 2 aromatic rings. The summed E-state index contributed by atoms with van der Waals surface area (Å²) in [6.45, 7) is 2.15. The van der Waals surface area contributed by atoms with Gasteiger partial charge < -0.3 is 4.74 Å². The summed E-state index contributed by atoms with van der Waals surface area (Å²) in [6, 6.07) is 3.36. The Morgan fingerprint density at radius 3 is 3.06 bits per heavy atom. The summed E-state index contributed by atoms with van der Waals surface area (Å²) >= 11 is 5.78. The number of aryl methyl sites for hydroxylation is 1. The molecule has 0 saturated heterocycles. The minimum atomic E-state index is -0.258. The molecule has 0 spiro atoms. The van der Waals surface area contributed by atoms with Crippen molar-refractivity contribution in [1.82, 2.24) is 19.8 Å². The van der Waals surface area contributed by atoms with Gasteiger partial charge in [0.15, 0.2) is 11.5 Å². The highest BCUT2D eigenvalue weighted by molar-refractivity contribution is 6.29. The van der Waals surface area contributed by atoms with E-state index in [4.69, 9.17) is 16.3 Å². The molecule has 90 valence electrons. The minimum absolute atomic E-state index is 0.253. The van der Waals surface area contributed by atoms with Crippen LogP contribution in [-0.4, -0.2) is 32.4 Å². The number of esters is 1. The Kier molecular flexibility index (Phi) is 3.53. The smallest absolute Gasteiger partial charge is 0.306 e. The highest BCUT2D eigenvalue weighted by atomic mass is 35.5. The van der Waals surface area contributed by atoms with Gasteiger partial charge in [0.05, 0.1) is 13.0 Å². The van der Waals surface area contributed by atoms with Crippen LogP contribution in [0.1, 0.15) is 19.2 Å². The maximum absolute atomic E-state index is 11.2. The molecule has 2 heterocycles. The van der Waals surface area contributed by atoms with Gasteiger partial charge in [-0.2, -0.15) is 9.61 Å². The lowest BCUT2D eigenvalue weighted by Crippen LogP contribution is -2.07. The zero-order valence-electron chi connectivity index (χ0n) is 9.26. The molecule has 0 saturated carbocycles. The molecule has 0 aliphatic heterocycles. The summed E-state index contributed by atoms with van der Waals surface area (Å²) in [7, 11) is 0. The van der Waals surface area contributed by atoms with Crippen LogP contribution in [0.5, 0.6) is 0 Å². The zero-order valence-corrected chi connectivity index (χ0v) is 10.0. The lowest BCUT2D eigenvalue weighted by Gasteiger charge is -2.00. The molecule has 0 atom stereocenters. The maximum atomic E-state index is 11.2. The third kappa shape index (κ3) is 2.71. The Labute approximate surface area is 103 Å². The fourth-order valence-electron chi connectivity index (χ4n) is 1.41. The molecule has 0 amide bonds. The van der Waals surface area contributed by atoms with Crippen LogP contribution >= 0.6 is 11.6 Å². The molecule has 0 aromatic carbocycles. The van der Waals surface area contributed by atoms with Crippen molar-refractivity contribution in [2.75, 3.05) is 6.61 Å². The van der Waals surface area contributed by atoms with Crippen LogP contribution in [0, 0.1) is 0 Å². The number of hydrogen-bond donors (Lipinski definition) is 0. The van der Waals surface area contributed by atoms with E-state index < -0.39 is 0 Å². The molecule has 0 aliphatic rings. The van der Waals surface area contributed by atoms with Gasteiger partial charge in [0.2, 0.25) is 0 Å². The summed E-state index contributed by atoms with van der Waals surface area (Å²) in [6.07, 6.45) is 0.677. The summed E-state index contributed by atoms with van der Waals surface area (Å²) < 4.78 is 6.36. The first-order valence-corrected chi connectivity index (χ1v) is 5.61. The van der Waals surface area contributed by atoms with Crippen molar-refractivity contribution < 1.29 is 9.53 Å². The fraction of sp³-hybridized carbons (Fsp3) is 0.400. The third-order valence-corrected chi connectivity index (χ3v) is 2.35. The summed E-state index contributed by atoms with van der Waals surface area (Å²) in [5.74, 6) is 0.335. The van der Waals surface area contributed by atoms with Crippen molar-refractivity contribution >= 4 is 23.2 Å². The van der Waals surface area contributed by atoms with E-state index in [1.807, 2.05) is 0 Å². The number of carbonyl (C=O) groups is 1. The maximum Gasteiger partial charge on any atom is 0.306 e. The molecule has 0 radical (unpaired) electrons. The fourth-order valence-corrected chi connectivity index (χ4v) is 1.55. The highest BCUT2D eigenvalue weighted by Gasteiger charge is 2.10. The predicted molar refractivity (Wildman–Crippen MR) is 60.7 cm³/mol. The Hall–Kier alpha value is -1.69. The second kappa shape index (κ2) is 5.09. The average Bonchev–Trinajstić information content (AvgIpc) is 2.69. The van der Waals surface area contributed by atoms with Crippen LogP contribution in [-0.2, 0) is 16.0 Å². The first kappa shape index (κ1) is 11.8. The molecule has 7 heteroatoms. The van der Waals surface area contributed by atoms with E-state index in [-0.39, 0.29) is 12.4 Å². The van der Waals surface area contributed by atoms with E-state index in [0.717, 1.165) is 0 Å². The number of aromatic nitrogens is 4. The molecular weight excluding hydrogens is 244 g/mol. The van der Waals surface area contributed by atoms with Gasteiger partial charge in [0, 0.05) is 6.42 Å². The van der Waals surface area contributed by atoms with Crippen LogP contribution < -0.4 is 0 Å². The second-order valence-electron chi connectivity index (χ2n) is 3.35. The normalized spacial score (nSPS) is 10.7. The van der Waals surface area contributed by atoms with Crippen molar-refractivity contribution in [3.8, 4) is 0 Å². The van der Waals surface area contributed by atoms with Crippen LogP contribution in [0.25, 0.3) is 5.65 Å². The molecular formula is C10H11ClN4O2. The van der Waals surface area contributed by atoms with Gasteiger partial charge in [-0.05, 0) is 19.1 Å². The van der Waals surface area contributed by atoms with Gasteiger partial charge in [-0.15, -0.1) is 10.2 Å². The molecule has 0 fully saturated rings. The van der Waals surface area contributed by atoms with E-state index in [1.165, 1.54) is 4.52 Å². The largest absolute Gasteiger partial charge is 0.466 e. The first-order valence-electron chi connectivity index (χ1n) is 5.23. The summed E-state index contributed by atoms with van der Waals surface area (Å²) in [4.78, 5) is 11.2. The molecule has 0 N–H and O–H groups in total. The molecule has 2 rings (SSSR count). The van der Waals surface area contributed by atoms with Crippen LogP contribution in [0.15, 0.2) is 12.1 Å². The van der Waals surface area contributed by atoms with E-state index >= 15 is 0 Å². The lowest BCUT2D eigenvalue weighted by atomic mass is 10.3. The molecule has 6 nitrogen and oxygen atoms in total. The lowest BCUT2D eigenvalue weighted by molar-refractivity contribution is -0.143. The molecule has 0 unspecified atom stereocenters. The van der Waals surface area contributed by atoms with Crippen LogP contribution in [0.4, 0.5) is 0 Å². The van der Waals surface area contributed by atoms with Crippen molar-refractivity contribution in [3.05, 3.63) is 23.1 Å². The molecule has 2 aromatic heterocycles. The van der Waals surface area contributed by atoms with Crippen LogP contribution in [0.3, 0.4) is 0 Å².